The third-order valence-corrected chi connectivity index (χ3v) is 2.94. The largest absolute Gasteiger partial charge is 0.380 e. The molecule has 0 unspecified atom stereocenters. The Balaban J connectivity index is 2.40. The van der Waals surface area contributed by atoms with E-state index in [1.807, 2.05) is 7.11 Å². The molecular formula is C11H23NO. The van der Waals surface area contributed by atoms with Gasteiger partial charge >= 0.3 is 0 Å². The molecule has 1 aliphatic carbocycles. The third kappa shape index (κ3) is 2.96. The molecule has 0 N–H and O–H groups in total. The smallest absolute Gasteiger partial charge is 0.0726 e. The van der Waals surface area contributed by atoms with Gasteiger partial charge in [0.25, 0.3) is 0 Å². The average Bonchev–Trinajstić information content (AvgIpc) is 2.49. The molecule has 0 amide bonds. The van der Waals surface area contributed by atoms with Crippen molar-refractivity contribution in [3.63, 3.8) is 0 Å². The molecule has 0 heterocycles. The van der Waals surface area contributed by atoms with Gasteiger partial charge in [0.05, 0.1) is 6.10 Å². The second kappa shape index (κ2) is 4.97. The Kier molecular flexibility index (Phi) is 4.20. The van der Waals surface area contributed by atoms with E-state index in [2.05, 4.69) is 25.8 Å². The van der Waals surface area contributed by atoms with Crippen molar-refractivity contribution in [1.82, 2.24) is 4.90 Å². The van der Waals surface area contributed by atoms with Gasteiger partial charge in [0.2, 0.25) is 0 Å². The average molecular weight is 185 g/mol. The molecule has 2 heteroatoms. The second-order valence-electron chi connectivity index (χ2n) is 4.61. The SMILES string of the molecule is CO[C@@H]1CCC[C@@H]1N(C)CC(C)C. The third-order valence-electron chi connectivity index (χ3n) is 2.94. The predicted octanol–water partition coefficient (Wildman–Crippen LogP) is 2.14. The van der Waals surface area contributed by atoms with Gasteiger partial charge in [-0.05, 0) is 32.2 Å². The molecule has 1 saturated carbocycles. The van der Waals surface area contributed by atoms with E-state index in [1.54, 1.807) is 0 Å². The zero-order valence-electron chi connectivity index (χ0n) is 9.42. The Morgan fingerprint density at radius 2 is 2.08 bits per heavy atom. The van der Waals surface area contributed by atoms with Gasteiger partial charge in [-0.15, -0.1) is 0 Å². The van der Waals surface area contributed by atoms with Gasteiger partial charge in [0.15, 0.2) is 0 Å². The van der Waals surface area contributed by atoms with Gasteiger partial charge in [0, 0.05) is 19.7 Å². The Morgan fingerprint density at radius 3 is 2.62 bits per heavy atom. The fourth-order valence-electron chi connectivity index (χ4n) is 2.40. The summed E-state index contributed by atoms with van der Waals surface area (Å²) in [5.41, 5.74) is 0. The van der Waals surface area contributed by atoms with Crippen LogP contribution in [0, 0.1) is 5.92 Å². The number of ether oxygens (including phenoxy) is 1. The minimum absolute atomic E-state index is 0.476. The molecule has 0 saturated heterocycles. The summed E-state index contributed by atoms with van der Waals surface area (Å²) in [7, 11) is 4.06. The molecule has 2 nitrogen and oxygen atoms in total. The van der Waals surface area contributed by atoms with Crippen LogP contribution in [0.5, 0.6) is 0 Å². The zero-order chi connectivity index (χ0) is 9.84. The Labute approximate surface area is 82.3 Å². The first-order chi connectivity index (χ1) is 6.15. The van der Waals surface area contributed by atoms with Gasteiger partial charge < -0.3 is 9.64 Å². The van der Waals surface area contributed by atoms with E-state index in [0.717, 1.165) is 5.92 Å². The van der Waals surface area contributed by atoms with Crippen molar-refractivity contribution in [1.29, 1.82) is 0 Å². The Morgan fingerprint density at radius 1 is 1.38 bits per heavy atom. The zero-order valence-corrected chi connectivity index (χ0v) is 9.42. The number of methoxy groups -OCH3 is 1. The summed E-state index contributed by atoms with van der Waals surface area (Å²) in [4.78, 5) is 2.46. The fraction of sp³-hybridized carbons (Fsp3) is 1.00. The van der Waals surface area contributed by atoms with Crippen LogP contribution < -0.4 is 0 Å². The van der Waals surface area contributed by atoms with Crippen molar-refractivity contribution in [3.05, 3.63) is 0 Å². The molecule has 13 heavy (non-hydrogen) atoms. The van der Waals surface area contributed by atoms with E-state index in [9.17, 15) is 0 Å². The fourth-order valence-corrected chi connectivity index (χ4v) is 2.40. The Bertz CT molecular complexity index is 147. The maximum absolute atomic E-state index is 5.48. The summed E-state index contributed by atoms with van der Waals surface area (Å²) in [6.45, 7) is 5.73. The van der Waals surface area contributed by atoms with E-state index in [-0.39, 0.29) is 0 Å². The minimum atomic E-state index is 0.476. The summed E-state index contributed by atoms with van der Waals surface area (Å²) < 4.78 is 5.48. The van der Waals surface area contributed by atoms with Gasteiger partial charge in [-0.25, -0.2) is 0 Å². The highest BCUT2D eigenvalue weighted by atomic mass is 16.5. The lowest BCUT2D eigenvalue weighted by molar-refractivity contribution is 0.0393. The van der Waals surface area contributed by atoms with Gasteiger partial charge in [-0.1, -0.05) is 13.8 Å². The first-order valence-electron chi connectivity index (χ1n) is 5.38. The van der Waals surface area contributed by atoms with Crippen molar-refractivity contribution in [2.45, 2.75) is 45.3 Å². The lowest BCUT2D eigenvalue weighted by Gasteiger charge is -2.30. The first-order valence-corrected chi connectivity index (χ1v) is 5.38. The Hall–Kier alpha value is -0.0800. The molecule has 0 aromatic heterocycles. The molecule has 0 radical (unpaired) electrons. The van der Waals surface area contributed by atoms with Crippen molar-refractivity contribution in [2.75, 3.05) is 20.7 Å². The van der Waals surface area contributed by atoms with Crippen LogP contribution in [0.1, 0.15) is 33.1 Å². The molecule has 2 atom stereocenters. The number of rotatable bonds is 4. The predicted molar refractivity (Wildman–Crippen MR) is 55.9 cm³/mol. The van der Waals surface area contributed by atoms with Crippen molar-refractivity contribution in [2.24, 2.45) is 5.92 Å². The monoisotopic (exact) mass is 185 g/mol. The van der Waals surface area contributed by atoms with E-state index in [0.29, 0.717) is 12.1 Å². The molecule has 0 bridgehead atoms. The molecule has 0 aromatic rings. The minimum Gasteiger partial charge on any atom is -0.380 e. The van der Waals surface area contributed by atoms with Crippen LogP contribution >= 0.6 is 0 Å². The molecule has 78 valence electrons. The summed E-state index contributed by atoms with van der Waals surface area (Å²) in [6, 6.07) is 0.660. The second-order valence-corrected chi connectivity index (χ2v) is 4.61. The quantitative estimate of drug-likeness (QED) is 0.665. The van der Waals surface area contributed by atoms with Gasteiger partial charge in [0.1, 0.15) is 0 Å². The van der Waals surface area contributed by atoms with E-state index in [4.69, 9.17) is 4.74 Å². The lowest BCUT2D eigenvalue weighted by atomic mass is 10.1. The van der Waals surface area contributed by atoms with Crippen LogP contribution in [0.25, 0.3) is 0 Å². The standard InChI is InChI=1S/C11H23NO/c1-9(2)8-12(3)10-6-5-7-11(10)13-4/h9-11H,5-8H2,1-4H3/t10-,11+/m0/s1. The van der Waals surface area contributed by atoms with Crippen molar-refractivity contribution >= 4 is 0 Å². The summed E-state index contributed by atoms with van der Waals surface area (Å²) in [5, 5.41) is 0. The molecule has 0 aliphatic heterocycles. The normalized spacial score (nSPS) is 29.1. The van der Waals surface area contributed by atoms with Crippen LogP contribution in [0.4, 0.5) is 0 Å². The lowest BCUT2D eigenvalue weighted by Crippen LogP contribution is -2.40. The number of likely N-dealkylation sites (N-methyl/N-ethyl adjacent to an activating group) is 1. The van der Waals surface area contributed by atoms with Crippen LogP contribution in [-0.4, -0.2) is 37.7 Å². The number of hydrogen-bond donors (Lipinski definition) is 0. The molecule has 0 spiro atoms. The highest BCUT2D eigenvalue weighted by Crippen LogP contribution is 2.25. The molecule has 1 aliphatic rings. The van der Waals surface area contributed by atoms with Crippen LogP contribution in [0.3, 0.4) is 0 Å². The van der Waals surface area contributed by atoms with Gasteiger partial charge in [-0.2, -0.15) is 0 Å². The highest BCUT2D eigenvalue weighted by Gasteiger charge is 2.30. The van der Waals surface area contributed by atoms with E-state index in [1.165, 1.54) is 25.8 Å². The molecule has 1 fully saturated rings. The topological polar surface area (TPSA) is 12.5 Å². The number of hydrogen-bond acceptors (Lipinski definition) is 2. The van der Waals surface area contributed by atoms with Gasteiger partial charge in [-0.3, -0.25) is 0 Å². The number of nitrogens with zero attached hydrogens (tertiary/aromatic N) is 1. The molecule has 1 rings (SSSR count). The maximum atomic E-state index is 5.48. The highest BCUT2D eigenvalue weighted by molar-refractivity contribution is 4.85. The van der Waals surface area contributed by atoms with Crippen LogP contribution in [0.2, 0.25) is 0 Å². The molecular weight excluding hydrogens is 162 g/mol. The summed E-state index contributed by atoms with van der Waals surface area (Å²) in [5.74, 6) is 0.753. The van der Waals surface area contributed by atoms with E-state index >= 15 is 0 Å². The maximum Gasteiger partial charge on any atom is 0.0726 e. The van der Waals surface area contributed by atoms with Crippen LogP contribution in [-0.2, 0) is 4.74 Å². The summed E-state index contributed by atoms with van der Waals surface area (Å²) >= 11 is 0. The van der Waals surface area contributed by atoms with Crippen molar-refractivity contribution in [3.8, 4) is 0 Å². The van der Waals surface area contributed by atoms with Crippen molar-refractivity contribution < 1.29 is 4.74 Å². The molecule has 0 aromatic carbocycles. The summed E-state index contributed by atoms with van der Waals surface area (Å²) in [6.07, 6.45) is 4.35. The van der Waals surface area contributed by atoms with Crippen LogP contribution in [0.15, 0.2) is 0 Å². The van der Waals surface area contributed by atoms with E-state index < -0.39 is 0 Å². The first kappa shape index (κ1) is 11.0.